The monoisotopic (exact) mass is 433 g/mol. The molecule has 4 aromatic rings. The summed E-state index contributed by atoms with van der Waals surface area (Å²) in [4.78, 5) is 16.1. The minimum absolute atomic E-state index is 0.365. The van der Waals surface area contributed by atoms with Gasteiger partial charge in [-0.25, -0.2) is 9.78 Å². The van der Waals surface area contributed by atoms with Gasteiger partial charge in [-0.3, -0.25) is 0 Å². The van der Waals surface area contributed by atoms with Gasteiger partial charge >= 0.3 is 5.63 Å². The van der Waals surface area contributed by atoms with Gasteiger partial charge < -0.3 is 9.15 Å². The first-order valence-corrected chi connectivity index (χ1v) is 8.95. The maximum Gasteiger partial charge on any atom is 0.336 e. The number of fused-ring (bicyclic) bond motifs is 2. The van der Waals surface area contributed by atoms with E-state index in [4.69, 9.17) is 20.8 Å². The fourth-order valence-corrected chi connectivity index (χ4v) is 3.31. The van der Waals surface area contributed by atoms with Gasteiger partial charge in [-0.1, -0.05) is 11.6 Å². The van der Waals surface area contributed by atoms with Crippen molar-refractivity contribution in [1.82, 2.24) is 14.6 Å². The fraction of sp³-hybridized carbons (Fsp3) is 0.167. The summed E-state index contributed by atoms with van der Waals surface area (Å²) in [5.74, 6) is 0.821. The van der Waals surface area contributed by atoms with Crippen molar-refractivity contribution < 1.29 is 9.15 Å². The fourth-order valence-electron chi connectivity index (χ4n) is 2.77. The molecule has 0 atom stereocenters. The van der Waals surface area contributed by atoms with Crippen LogP contribution in [0.3, 0.4) is 0 Å². The van der Waals surface area contributed by atoms with Crippen molar-refractivity contribution in [2.75, 3.05) is 0 Å². The second kappa shape index (κ2) is 6.10. The third kappa shape index (κ3) is 2.77. The molecule has 0 aliphatic heterocycles. The van der Waals surface area contributed by atoms with E-state index >= 15 is 0 Å². The minimum Gasteiger partial charge on any atom is -0.437 e. The number of benzene rings is 1. The average molecular weight is 435 g/mol. The molecule has 0 spiro atoms. The summed E-state index contributed by atoms with van der Waals surface area (Å²) in [6.45, 7) is 5.57. The van der Waals surface area contributed by atoms with E-state index in [1.807, 2.05) is 20.8 Å². The highest BCUT2D eigenvalue weighted by Gasteiger charge is 2.16. The molecule has 0 N–H and O–H groups in total. The normalized spacial score (nSPS) is 11.4. The van der Waals surface area contributed by atoms with E-state index in [0.29, 0.717) is 27.9 Å². The Morgan fingerprint density at radius 2 is 1.96 bits per heavy atom. The van der Waals surface area contributed by atoms with Gasteiger partial charge in [0.05, 0.1) is 15.2 Å². The maximum atomic E-state index is 11.7. The predicted molar refractivity (Wildman–Crippen MR) is 102 cm³/mol. The van der Waals surface area contributed by atoms with Crippen LogP contribution in [0.15, 0.2) is 37.9 Å². The summed E-state index contributed by atoms with van der Waals surface area (Å²) < 4.78 is 13.7. The molecule has 0 saturated heterocycles. The van der Waals surface area contributed by atoms with Crippen molar-refractivity contribution in [1.29, 1.82) is 0 Å². The van der Waals surface area contributed by atoms with Crippen LogP contribution in [0.25, 0.3) is 16.6 Å². The van der Waals surface area contributed by atoms with Crippen LogP contribution in [0.1, 0.15) is 17.0 Å². The van der Waals surface area contributed by atoms with Gasteiger partial charge in [0.1, 0.15) is 5.58 Å². The molecule has 132 valence electrons. The van der Waals surface area contributed by atoms with Crippen LogP contribution >= 0.6 is 27.5 Å². The van der Waals surface area contributed by atoms with E-state index in [1.54, 1.807) is 22.7 Å². The Bertz CT molecular complexity index is 1250. The first-order valence-electron chi connectivity index (χ1n) is 7.78. The number of nitrogens with zero attached hydrogens (tertiary/aromatic N) is 3. The van der Waals surface area contributed by atoms with Crippen LogP contribution < -0.4 is 10.4 Å². The van der Waals surface area contributed by atoms with E-state index in [2.05, 4.69) is 26.0 Å². The number of halogens is 2. The Hall–Kier alpha value is -2.38. The highest BCUT2D eigenvalue weighted by Crippen LogP contribution is 2.35. The second-order valence-corrected chi connectivity index (χ2v) is 7.20. The van der Waals surface area contributed by atoms with Crippen molar-refractivity contribution in [2.24, 2.45) is 0 Å². The first-order chi connectivity index (χ1) is 12.3. The van der Waals surface area contributed by atoms with Crippen LogP contribution in [0.4, 0.5) is 0 Å². The SMILES string of the molecule is Cc1cc(Oc2cc3oc(=O)cc(C)c3cc2Cl)n2nc(C)c(Br)c2n1. The third-order valence-corrected chi connectivity index (χ3v) is 5.23. The van der Waals surface area contributed by atoms with Crippen LogP contribution in [0.2, 0.25) is 5.02 Å². The quantitative estimate of drug-likeness (QED) is 0.417. The average Bonchev–Trinajstić information content (AvgIpc) is 2.84. The van der Waals surface area contributed by atoms with Crippen molar-refractivity contribution in [2.45, 2.75) is 20.8 Å². The zero-order valence-electron chi connectivity index (χ0n) is 14.1. The van der Waals surface area contributed by atoms with Gasteiger partial charge in [-0.15, -0.1) is 0 Å². The highest BCUT2D eigenvalue weighted by atomic mass is 79.9. The molecule has 0 unspecified atom stereocenters. The predicted octanol–water partition coefficient (Wildman–Crippen LogP) is 4.97. The minimum atomic E-state index is -0.419. The van der Waals surface area contributed by atoms with E-state index < -0.39 is 5.63 Å². The van der Waals surface area contributed by atoms with Crippen molar-refractivity contribution >= 4 is 44.1 Å². The van der Waals surface area contributed by atoms with Gasteiger partial charge in [0.2, 0.25) is 5.88 Å². The maximum absolute atomic E-state index is 11.7. The molecule has 3 heterocycles. The molecule has 0 amide bonds. The summed E-state index contributed by atoms with van der Waals surface area (Å²) in [5, 5.41) is 5.60. The lowest BCUT2D eigenvalue weighted by Crippen LogP contribution is -2.01. The molecule has 3 aromatic heterocycles. The van der Waals surface area contributed by atoms with E-state index in [0.717, 1.165) is 26.8 Å². The van der Waals surface area contributed by atoms with Gasteiger partial charge in [0.15, 0.2) is 11.4 Å². The molecule has 0 aliphatic rings. The van der Waals surface area contributed by atoms with Gasteiger partial charge in [-0.2, -0.15) is 9.61 Å². The van der Waals surface area contributed by atoms with Crippen molar-refractivity contribution in [3.8, 4) is 11.6 Å². The molecular formula is C18H13BrClN3O3. The molecule has 6 nitrogen and oxygen atoms in total. The second-order valence-electron chi connectivity index (χ2n) is 6.00. The molecule has 4 rings (SSSR count). The molecule has 1 aromatic carbocycles. The summed E-state index contributed by atoms with van der Waals surface area (Å²) in [6.07, 6.45) is 0. The Kier molecular flexibility index (Phi) is 4.00. The Morgan fingerprint density at radius 1 is 1.19 bits per heavy atom. The molecular weight excluding hydrogens is 422 g/mol. The van der Waals surface area contributed by atoms with Crippen molar-refractivity contribution in [3.63, 3.8) is 0 Å². The summed E-state index contributed by atoms with van der Waals surface area (Å²) in [5.41, 5.74) is 2.99. The molecule has 26 heavy (non-hydrogen) atoms. The third-order valence-electron chi connectivity index (χ3n) is 4.01. The lowest BCUT2D eigenvalue weighted by Gasteiger charge is -2.11. The molecule has 0 radical (unpaired) electrons. The first kappa shape index (κ1) is 17.1. The largest absolute Gasteiger partial charge is 0.437 e. The zero-order valence-corrected chi connectivity index (χ0v) is 16.5. The summed E-state index contributed by atoms with van der Waals surface area (Å²) in [6, 6.07) is 6.52. The van der Waals surface area contributed by atoms with Crippen LogP contribution in [0.5, 0.6) is 11.6 Å². The number of hydrogen-bond donors (Lipinski definition) is 0. The van der Waals surface area contributed by atoms with Crippen molar-refractivity contribution in [3.05, 3.63) is 61.1 Å². The van der Waals surface area contributed by atoms with Crippen LogP contribution in [-0.4, -0.2) is 14.6 Å². The van der Waals surface area contributed by atoms with Crippen LogP contribution in [0, 0.1) is 20.8 Å². The summed E-state index contributed by atoms with van der Waals surface area (Å²) in [7, 11) is 0. The number of aromatic nitrogens is 3. The van der Waals surface area contributed by atoms with Gasteiger partial charge in [0, 0.05) is 29.3 Å². The standard InChI is InChI=1S/C18H13BrClN3O3/c1-8-4-16(24)26-13-7-14(12(20)6-11(8)13)25-15-5-9(2)21-18-17(19)10(3)22-23(15)18/h4-7H,1-3H3. The number of rotatable bonds is 2. The van der Waals surface area contributed by atoms with E-state index in [1.165, 1.54) is 6.07 Å². The van der Waals surface area contributed by atoms with Crippen LogP contribution in [-0.2, 0) is 0 Å². The Balaban J connectivity index is 1.90. The van der Waals surface area contributed by atoms with Gasteiger partial charge in [0.25, 0.3) is 0 Å². The molecule has 8 heteroatoms. The number of aryl methyl sites for hydroxylation is 3. The Labute approximate surface area is 161 Å². The van der Waals surface area contributed by atoms with E-state index in [9.17, 15) is 4.79 Å². The molecule has 0 saturated carbocycles. The molecule has 0 fully saturated rings. The molecule has 0 aliphatic carbocycles. The number of ether oxygens (including phenoxy) is 1. The number of hydrogen-bond acceptors (Lipinski definition) is 5. The summed E-state index contributed by atoms with van der Waals surface area (Å²) >= 11 is 9.88. The van der Waals surface area contributed by atoms with E-state index in [-0.39, 0.29) is 0 Å². The topological polar surface area (TPSA) is 69.6 Å². The smallest absolute Gasteiger partial charge is 0.336 e. The lowest BCUT2D eigenvalue weighted by atomic mass is 10.1. The zero-order chi connectivity index (χ0) is 18.6. The Morgan fingerprint density at radius 3 is 2.73 bits per heavy atom. The lowest BCUT2D eigenvalue weighted by molar-refractivity contribution is 0.444. The molecule has 0 bridgehead atoms. The highest BCUT2D eigenvalue weighted by molar-refractivity contribution is 9.10. The van der Waals surface area contributed by atoms with Gasteiger partial charge in [-0.05, 0) is 48.3 Å².